The predicted molar refractivity (Wildman–Crippen MR) is 104 cm³/mol. The lowest BCUT2D eigenvalue weighted by Gasteiger charge is -2.02. The molecule has 0 aliphatic heterocycles. The third-order valence-electron chi connectivity index (χ3n) is 3.67. The van der Waals surface area contributed by atoms with Gasteiger partial charge in [0.1, 0.15) is 0 Å². The Hall–Kier alpha value is -1.98. The summed E-state index contributed by atoms with van der Waals surface area (Å²) >= 11 is 4.98. The molecule has 0 aliphatic rings. The lowest BCUT2D eigenvalue weighted by Crippen LogP contribution is -2.11. The first kappa shape index (κ1) is 16.9. The van der Waals surface area contributed by atoms with E-state index in [1.54, 1.807) is 0 Å². The van der Waals surface area contributed by atoms with Gasteiger partial charge in [-0.25, -0.2) is 4.98 Å². The highest BCUT2D eigenvalue weighted by molar-refractivity contribution is 9.10. The fourth-order valence-corrected chi connectivity index (χ4v) is 3.54. The maximum Gasteiger partial charge on any atom is 0.257 e. The highest BCUT2D eigenvalue weighted by Gasteiger charge is 2.14. The molecule has 1 amide bonds. The quantitative estimate of drug-likeness (QED) is 0.610. The Bertz CT molecular complexity index is 854. The summed E-state index contributed by atoms with van der Waals surface area (Å²) in [4.78, 5) is 18.2. The monoisotopic (exact) mass is 400 g/mol. The van der Waals surface area contributed by atoms with Gasteiger partial charge >= 0.3 is 0 Å². The standard InChI is InChI=1S/C19H17BrN2OS/c1-3-16-17(13-8-10-15(20)11-9-13)21-19(24-16)22-18(23)14-6-4-12(2)5-7-14/h4-11H,3H2,1-2H3,(H,21,22,23). The minimum Gasteiger partial charge on any atom is -0.298 e. The minimum absolute atomic E-state index is 0.131. The van der Waals surface area contributed by atoms with Gasteiger partial charge < -0.3 is 0 Å². The van der Waals surface area contributed by atoms with E-state index < -0.39 is 0 Å². The first-order valence-electron chi connectivity index (χ1n) is 7.70. The maximum atomic E-state index is 12.4. The SMILES string of the molecule is CCc1sc(NC(=O)c2ccc(C)cc2)nc1-c1ccc(Br)cc1. The van der Waals surface area contributed by atoms with E-state index >= 15 is 0 Å². The number of thiazole rings is 1. The number of hydrogen-bond acceptors (Lipinski definition) is 3. The summed E-state index contributed by atoms with van der Waals surface area (Å²) < 4.78 is 1.03. The average molecular weight is 401 g/mol. The van der Waals surface area contributed by atoms with Crippen LogP contribution in [0.25, 0.3) is 11.3 Å². The molecule has 24 heavy (non-hydrogen) atoms. The molecule has 0 fully saturated rings. The molecule has 0 saturated carbocycles. The lowest BCUT2D eigenvalue weighted by molar-refractivity contribution is 0.102. The van der Waals surface area contributed by atoms with E-state index in [0.717, 1.165) is 32.6 Å². The number of rotatable bonds is 4. The number of amides is 1. The summed E-state index contributed by atoms with van der Waals surface area (Å²) in [7, 11) is 0. The number of carbonyl (C=O) groups excluding carboxylic acids is 1. The van der Waals surface area contributed by atoms with Gasteiger partial charge in [0, 0.05) is 20.5 Å². The van der Waals surface area contributed by atoms with Crippen LogP contribution in [0.3, 0.4) is 0 Å². The van der Waals surface area contributed by atoms with Gasteiger partial charge in [-0.15, -0.1) is 11.3 Å². The molecule has 3 rings (SSSR count). The van der Waals surface area contributed by atoms with Gasteiger partial charge in [-0.2, -0.15) is 0 Å². The molecule has 3 aromatic rings. The molecule has 0 unspecified atom stereocenters. The largest absolute Gasteiger partial charge is 0.298 e. The Balaban J connectivity index is 1.85. The number of benzene rings is 2. The number of nitrogens with one attached hydrogen (secondary N) is 1. The maximum absolute atomic E-state index is 12.4. The highest BCUT2D eigenvalue weighted by atomic mass is 79.9. The summed E-state index contributed by atoms with van der Waals surface area (Å²) in [5, 5.41) is 3.55. The molecule has 0 saturated heterocycles. The lowest BCUT2D eigenvalue weighted by atomic mass is 10.1. The molecule has 1 N–H and O–H groups in total. The summed E-state index contributed by atoms with van der Waals surface area (Å²) in [5.74, 6) is -0.131. The van der Waals surface area contributed by atoms with Crippen LogP contribution < -0.4 is 5.32 Å². The van der Waals surface area contributed by atoms with Crippen molar-refractivity contribution in [3.8, 4) is 11.3 Å². The zero-order valence-corrected chi connectivity index (χ0v) is 15.9. The third-order valence-corrected chi connectivity index (χ3v) is 5.31. The van der Waals surface area contributed by atoms with Crippen molar-refractivity contribution in [1.29, 1.82) is 0 Å². The average Bonchev–Trinajstić information content (AvgIpc) is 2.99. The molecule has 3 nitrogen and oxygen atoms in total. The number of carbonyl (C=O) groups is 1. The zero-order chi connectivity index (χ0) is 17.1. The van der Waals surface area contributed by atoms with Crippen LogP contribution >= 0.6 is 27.3 Å². The van der Waals surface area contributed by atoms with Crippen molar-refractivity contribution in [2.24, 2.45) is 0 Å². The van der Waals surface area contributed by atoms with Crippen molar-refractivity contribution in [1.82, 2.24) is 4.98 Å². The summed E-state index contributed by atoms with van der Waals surface area (Å²) in [6.45, 7) is 4.10. The van der Waals surface area contributed by atoms with Crippen molar-refractivity contribution in [2.75, 3.05) is 5.32 Å². The van der Waals surface area contributed by atoms with Crippen LogP contribution in [0.4, 0.5) is 5.13 Å². The molecule has 0 aliphatic carbocycles. The topological polar surface area (TPSA) is 42.0 Å². The fraction of sp³-hybridized carbons (Fsp3) is 0.158. The highest BCUT2D eigenvalue weighted by Crippen LogP contribution is 2.32. The minimum atomic E-state index is -0.131. The second kappa shape index (κ2) is 7.28. The Morgan fingerprint density at radius 1 is 1.12 bits per heavy atom. The van der Waals surface area contributed by atoms with E-state index in [9.17, 15) is 4.79 Å². The fourth-order valence-electron chi connectivity index (χ4n) is 2.35. The van der Waals surface area contributed by atoms with Gasteiger partial charge in [-0.1, -0.05) is 52.7 Å². The Kier molecular flexibility index (Phi) is 5.11. The Morgan fingerprint density at radius 3 is 2.42 bits per heavy atom. The smallest absolute Gasteiger partial charge is 0.257 e. The normalized spacial score (nSPS) is 10.6. The molecule has 0 radical (unpaired) electrons. The van der Waals surface area contributed by atoms with Gasteiger partial charge in [0.15, 0.2) is 5.13 Å². The van der Waals surface area contributed by atoms with E-state index in [0.29, 0.717) is 10.7 Å². The number of halogens is 1. The van der Waals surface area contributed by atoms with E-state index in [4.69, 9.17) is 0 Å². The van der Waals surface area contributed by atoms with Gasteiger partial charge in [0.2, 0.25) is 0 Å². The summed E-state index contributed by atoms with van der Waals surface area (Å²) in [6, 6.07) is 15.6. The molecule has 5 heteroatoms. The number of anilines is 1. The molecule has 1 heterocycles. The number of hydrogen-bond donors (Lipinski definition) is 1. The van der Waals surface area contributed by atoms with Crippen molar-refractivity contribution in [3.05, 3.63) is 69.0 Å². The van der Waals surface area contributed by atoms with Crippen molar-refractivity contribution >= 4 is 38.3 Å². The molecule has 2 aromatic carbocycles. The summed E-state index contributed by atoms with van der Waals surface area (Å²) in [5.41, 5.74) is 3.77. The third kappa shape index (κ3) is 3.74. The zero-order valence-electron chi connectivity index (χ0n) is 13.5. The van der Waals surface area contributed by atoms with Crippen molar-refractivity contribution in [2.45, 2.75) is 20.3 Å². The number of nitrogens with zero attached hydrogens (tertiary/aromatic N) is 1. The Morgan fingerprint density at radius 2 is 1.79 bits per heavy atom. The Labute approximate surface area is 153 Å². The van der Waals surface area contributed by atoms with Crippen LogP contribution in [0.2, 0.25) is 0 Å². The van der Waals surface area contributed by atoms with Crippen LogP contribution in [0.5, 0.6) is 0 Å². The van der Waals surface area contributed by atoms with E-state index in [2.05, 4.69) is 33.2 Å². The van der Waals surface area contributed by atoms with Crippen LogP contribution in [0.1, 0.15) is 27.7 Å². The molecule has 0 bridgehead atoms. The first-order chi connectivity index (χ1) is 11.6. The summed E-state index contributed by atoms with van der Waals surface area (Å²) in [6.07, 6.45) is 0.878. The number of aromatic nitrogens is 1. The molecular formula is C19H17BrN2OS. The van der Waals surface area contributed by atoms with E-state index in [1.807, 2.05) is 55.5 Å². The molecule has 0 spiro atoms. The van der Waals surface area contributed by atoms with Gasteiger partial charge in [-0.05, 0) is 37.6 Å². The van der Waals surface area contributed by atoms with Crippen molar-refractivity contribution in [3.63, 3.8) is 0 Å². The molecule has 0 atom stereocenters. The number of aryl methyl sites for hydroxylation is 2. The predicted octanol–water partition coefficient (Wildman–Crippen LogP) is 5.70. The molecule has 1 aromatic heterocycles. The van der Waals surface area contributed by atoms with Crippen LogP contribution in [-0.4, -0.2) is 10.9 Å². The molecular weight excluding hydrogens is 384 g/mol. The van der Waals surface area contributed by atoms with E-state index in [-0.39, 0.29) is 5.91 Å². The molecule has 122 valence electrons. The van der Waals surface area contributed by atoms with Crippen LogP contribution in [0, 0.1) is 6.92 Å². The second-order valence-electron chi connectivity index (χ2n) is 5.47. The van der Waals surface area contributed by atoms with Crippen molar-refractivity contribution < 1.29 is 4.79 Å². The first-order valence-corrected chi connectivity index (χ1v) is 9.31. The second-order valence-corrected chi connectivity index (χ2v) is 7.47. The van der Waals surface area contributed by atoms with E-state index in [1.165, 1.54) is 11.3 Å². The van der Waals surface area contributed by atoms with Crippen LogP contribution in [-0.2, 0) is 6.42 Å². The van der Waals surface area contributed by atoms with Gasteiger partial charge in [0.05, 0.1) is 5.69 Å². The van der Waals surface area contributed by atoms with Crippen LogP contribution in [0.15, 0.2) is 53.0 Å². The van der Waals surface area contributed by atoms with Gasteiger partial charge in [0.25, 0.3) is 5.91 Å². The van der Waals surface area contributed by atoms with Gasteiger partial charge in [-0.3, -0.25) is 10.1 Å².